The molecule has 0 bridgehead atoms. The van der Waals surface area contributed by atoms with Gasteiger partial charge in [-0.25, -0.2) is 4.79 Å². The van der Waals surface area contributed by atoms with Gasteiger partial charge in [-0.1, -0.05) is 36.9 Å². The van der Waals surface area contributed by atoms with Crippen molar-refractivity contribution in [2.45, 2.75) is 13.0 Å². The highest BCUT2D eigenvalue weighted by molar-refractivity contribution is 5.87. The maximum absolute atomic E-state index is 11.6. The maximum atomic E-state index is 11.6. The zero-order valence-corrected chi connectivity index (χ0v) is 10.5. The van der Waals surface area contributed by atoms with Crippen LogP contribution in [-0.2, 0) is 16.1 Å². The Morgan fingerprint density at radius 1 is 1.29 bits per heavy atom. The molecule has 0 heterocycles. The van der Waals surface area contributed by atoms with E-state index in [9.17, 15) is 4.79 Å². The average Bonchev–Trinajstić information content (AvgIpc) is 2.34. The number of benzene rings is 1. The fourth-order valence-electron chi connectivity index (χ4n) is 1.29. The first-order valence-corrected chi connectivity index (χ1v) is 5.63. The first-order chi connectivity index (χ1) is 8.09. The predicted octanol–water partition coefficient (Wildman–Crippen LogP) is 2.24. The van der Waals surface area contributed by atoms with Crippen LogP contribution in [0, 0.1) is 0 Å². The second-order valence-corrected chi connectivity index (χ2v) is 4.22. The fraction of sp³-hybridized carbons (Fsp3) is 0.357. The van der Waals surface area contributed by atoms with Gasteiger partial charge in [0, 0.05) is 12.1 Å². The van der Waals surface area contributed by atoms with Crippen LogP contribution in [0.1, 0.15) is 12.0 Å². The van der Waals surface area contributed by atoms with Gasteiger partial charge in [-0.2, -0.15) is 0 Å². The second-order valence-electron chi connectivity index (χ2n) is 4.22. The van der Waals surface area contributed by atoms with E-state index in [1.165, 1.54) is 0 Å². The summed E-state index contributed by atoms with van der Waals surface area (Å²) in [4.78, 5) is 13.6. The van der Waals surface area contributed by atoms with Crippen molar-refractivity contribution in [3.05, 3.63) is 48.0 Å². The van der Waals surface area contributed by atoms with Crippen molar-refractivity contribution >= 4 is 5.97 Å². The van der Waals surface area contributed by atoms with Crippen LogP contribution in [0.2, 0.25) is 0 Å². The number of carbonyl (C=O) groups excluding carboxylic acids is 1. The number of hydrogen-bond acceptors (Lipinski definition) is 3. The minimum atomic E-state index is -0.310. The van der Waals surface area contributed by atoms with Gasteiger partial charge in [-0.05, 0) is 26.1 Å². The molecule has 0 aliphatic carbocycles. The summed E-state index contributed by atoms with van der Waals surface area (Å²) in [6.07, 6.45) is 0.640. The van der Waals surface area contributed by atoms with E-state index in [2.05, 4.69) is 6.58 Å². The molecule has 0 atom stereocenters. The molecule has 0 amide bonds. The van der Waals surface area contributed by atoms with Gasteiger partial charge in [0.25, 0.3) is 0 Å². The number of esters is 1. The van der Waals surface area contributed by atoms with E-state index in [0.717, 1.165) is 12.1 Å². The Hall–Kier alpha value is -1.61. The second kappa shape index (κ2) is 6.86. The monoisotopic (exact) mass is 233 g/mol. The first-order valence-electron chi connectivity index (χ1n) is 5.63. The summed E-state index contributed by atoms with van der Waals surface area (Å²) >= 11 is 0. The molecule has 3 heteroatoms. The van der Waals surface area contributed by atoms with E-state index >= 15 is 0 Å². The molecule has 0 radical (unpaired) electrons. The highest BCUT2D eigenvalue weighted by atomic mass is 16.5. The van der Waals surface area contributed by atoms with E-state index in [0.29, 0.717) is 18.6 Å². The lowest BCUT2D eigenvalue weighted by Gasteiger charge is -2.10. The molecule has 0 N–H and O–H groups in total. The minimum Gasteiger partial charge on any atom is -0.457 e. The third-order valence-corrected chi connectivity index (χ3v) is 2.36. The predicted molar refractivity (Wildman–Crippen MR) is 68.5 cm³/mol. The zero-order valence-electron chi connectivity index (χ0n) is 10.5. The first kappa shape index (κ1) is 13.5. The molecule has 0 unspecified atom stereocenters. The molecular formula is C14H19NO2. The largest absolute Gasteiger partial charge is 0.457 e. The Labute approximate surface area is 103 Å². The van der Waals surface area contributed by atoms with Gasteiger partial charge >= 0.3 is 5.97 Å². The van der Waals surface area contributed by atoms with Gasteiger partial charge in [-0.15, -0.1) is 0 Å². The molecule has 0 spiro atoms. The van der Waals surface area contributed by atoms with Gasteiger partial charge in [0.1, 0.15) is 6.61 Å². The molecule has 0 saturated carbocycles. The van der Waals surface area contributed by atoms with E-state index in [4.69, 9.17) is 4.74 Å². The molecule has 0 aliphatic rings. The van der Waals surface area contributed by atoms with E-state index < -0.39 is 0 Å². The Balaban J connectivity index is 2.32. The highest BCUT2D eigenvalue weighted by Gasteiger charge is 2.08. The Kier molecular flexibility index (Phi) is 5.43. The summed E-state index contributed by atoms with van der Waals surface area (Å²) in [6.45, 7) is 4.85. The van der Waals surface area contributed by atoms with Crippen molar-refractivity contribution < 1.29 is 9.53 Å². The van der Waals surface area contributed by atoms with E-state index in [1.807, 2.05) is 49.3 Å². The van der Waals surface area contributed by atoms with Crippen LogP contribution in [0.15, 0.2) is 42.5 Å². The van der Waals surface area contributed by atoms with Crippen LogP contribution in [0.25, 0.3) is 0 Å². The molecule has 0 fully saturated rings. The molecule has 1 aromatic rings. The summed E-state index contributed by atoms with van der Waals surface area (Å²) in [5, 5.41) is 0. The summed E-state index contributed by atoms with van der Waals surface area (Å²) in [6, 6.07) is 9.63. The molecule has 92 valence electrons. The third kappa shape index (κ3) is 5.31. The van der Waals surface area contributed by atoms with Gasteiger partial charge < -0.3 is 9.64 Å². The number of rotatable bonds is 6. The van der Waals surface area contributed by atoms with Gasteiger partial charge in [-0.3, -0.25) is 0 Å². The van der Waals surface area contributed by atoms with Crippen molar-refractivity contribution in [1.29, 1.82) is 0 Å². The van der Waals surface area contributed by atoms with Crippen LogP contribution < -0.4 is 0 Å². The molecule has 1 aromatic carbocycles. The summed E-state index contributed by atoms with van der Waals surface area (Å²) in [5.41, 5.74) is 1.51. The van der Waals surface area contributed by atoms with Crippen LogP contribution in [-0.4, -0.2) is 31.5 Å². The average molecular weight is 233 g/mol. The van der Waals surface area contributed by atoms with Crippen LogP contribution >= 0.6 is 0 Å². The SMILES string of the molecule is C=C(CCN(C)C)C(=O)OCc1ccccc1. The van der Waals surface area contributed by atoms with Crippen molar-refractivity contribution in [2.24, 2.45) is 0 Å². The zero-order chi connectivity index (χ0) is 12.7. The molecule has 0 aromatic heterocycles. The van der Waals surface area contributed by atoms with Crippen molar-refractivity contribution in [1.82, 2.24) is 4.90 Å². The van der Waals surface area contributed by atoms with Gasteiger partial charge in [0.2, 0.25) is 0 Å². The molecule has 17 heavy (non-hydrogen) atoms. The minimum absolute atomic E-state index is 0.306. The van der Waals surface area contributed by atoms with E-state index in [-0.39, 0.29) is 5.97 Å². The molecule has 0 saturated heterocycles. The highest BCUT2D eigenvalue weighted by Crippen LogP contribution is 2.06. The lowest BCUT2D eigenvalue weighted by Crippen LogP contribution is -2.16. The Morgan fingerprint density at radius 3 is 2.53 bits per heavy atom. The lowest BCUT2D eigenvalue weighted by molar-refractivity contribution is -0.140. The number of nitrogens with zero attached hydrogens (tertiary/aromatic N) is 1. The van der Waals surface area contributed by atoms with Crippen molar-refractivity contribution in [2.75, 3.05) is 20.6 Å². The maximum Gasteiger partial charge on any atom is 0.333 e. The topological polar surface area (TPSA) is 29.5 Å². The standard InChI is InChI=1S/C14H19NO2/c1-12(9-10-15(2)3)14(16)17-11-13-7-5-4-6-8-13/h4-8H,1,9-11H2,2-3H3. The molecule has 1 rings (SSSR count). The van der Waals surface area contributed by atoms with Gasteiger partial charge in [0.15, 0.2) is 0 Å². The summed E-state index contributed by atoms with van der Waals surface area (Å²) < 4.78 is 5.17. The smallest absolute Gasteiger partial charge is 0.333 e. The Morgan fingerprint density at radius 2 is 1.94 bits per heavy atom. The quantitative estimate of drug-likeness (QED) is 0.557. The van der Waals surface area contributed by atoms with Crippen molar-refractivity contribution in [3.63, 3.8) is 0 Å². The van der Waals surface area contributed by atoms with E-state index in [1.54, 1.807) is 0 Å². The molecule has 0 aliphatic heterocycles. The molecule has 3 nitrogen and oxygen atoms in total. The fourth-order valence-corrected chi connectivity index (χ4v) is 1.29. The summed E-state index contributed by atoms with van der Waals surface area (Å²) in [7, 11) is 3.92. The van der Waals surface area contributed by atoms with Crippen LogP contribution in [0.3, 0.4) is 0 Å². The lowest BCUT2D eigenvalue weighted by atomic mass is 10.2. The number of carbonyl (C=O) groups is 1. The van der Waals surface area contributed by atoms with Crippen LogP contribution in [0.5, 0.6) is 0 Å². The Bertz CT molecular complexity index is 371. The number of hydrogen-bond donors (Lipinski definition) is 0. The third-order valence-electron chi connectivity index (χ3n) is 2.36. The molecular weight excluding hydrogens is 214 g/mol. The van der Waals surface area contributed by atoms with Gasteiger partial charge in [0.05, 0.1) is 0 Å². The summed E-state index contributed by atoms with van der Waals surface area (Å²) in [5.74, 6) is -0.310. The normalized spacial score (nSPS) is 10.3. The van der Waals surface area contributed by atoms with Crippen LogP contribution in [0.4, 0.5) is 0 Å². The van der Waals surface area contributed by atoms with Crippen molar-refractivity contribution in [3.8, 4) is 0 Å². The number of ether oxygens (including phenoxy) is 1.